The normalized spacial score (nSPS) is 26.2. The van der Waals surface area contributed by atoms with Gasteiger partial charge in [-0.3, -0.25) is 9.13 Å². The fraction of sp³-hybridized carbons (Fsp3) is 0.500. The molecule has 0 saturated carbocycles. The zero-order chi connectivity index (χ0) is 16.8. The van der Waals surface area contributed by atoms with Gasteiger partial charge in [-0.15, -0.1) is 0 Å². The van der Waals surface area contributed by atoms with Crippen molar-refractivity contribution in [2.75, 3.05) is 12.1 Å². The quantitative estimate of drug-likeness (QED) is 0.260. The minimum atomic E-state index is -4.44. The summed E-state index contributed by atoms with van der Waals surface area (Å²) in [7, 11) is -4.44. The molecule has 25 heavy (non-hydrogen) atoms. The summed E-state index contributed by atoms with van der Waals surface area (Å²) in [5.41, 5.74) is 6.22. The van der Waals surface area contributed by atoms with E-state index in [1.165, 1.54) is 17.2 Å². The van der Waals surface area contributed by atoms with Crippen LogP contribution in [0.4, 0.5) is 5.82 Å². The molecule has 1 saturated heterocycles. The number of hydrogen-bond acceptors (Lipinski definition) is 9. The average Bonchev–Trinajstić information content (AvgIpc) is 3.01. The van der Waals surface area contributed by atoms with Crippen LogP contribution in [0.5, 0.6) is 0 Å². The van der Waals surface area contributed by atoms with Crippen molar-refractivity contribution in [2.45, 2.75) is 24.7 Å². The number of nitrogen functional groups attached to an aromatic ring is 1. The van der Waals surface area contributed by atoms with Gasteiger partial charge in [-0.05, 0) is 0 Å². The summed E-state index contributed by atoms with van der Waals surface area (Å²) in [4.78, 5) is 29.4. The molecule has 0 bridgehead atoms. The molecular formula is C10H16N5Na2O7P. The molecule has 2 aromatic rings. The number of nitrogens with two attached hydrogens (primary N) is 1. The summed E-state index contributed by atoms with van der Waals surface area (Å²) in [5, 5.41) is 20.0. The molecule has 15 heteroatoms. The molecule has 0 aromatic carbocycles. The van der Waals surface area contributed by atoms with Crippen molar-refractivity contribution >= 4 is 83.7 Å². The van der Waals surface area contributed by atoms with E-state index in [1.54, 1.807) is 0 Å². The van der Waals surface area contributed by atoms with Crippen LogP contribution >= 0.6 is 7.60 Å². The van der Waals surface area contributed by atoms with E-state index in [1.807, 2.05) is 0 Å². The summed E-state index contributed by atoms with van der Waals surface area (Å²) in [6, 6.07) is 0. The van der Waals surface area contributed by atoms with E-state index in [0.717, 1.165) is 0 Å². The standard InChI is InChI=1S/C10H14N5O7P.2Na.2H/c11-7-4-8(13-1-12-7)15(2-14-4)9-5(16)6(17)10(22-9)21-3-23(18,19)20;;;;/h1-2,5-6,9-10,16-17H,3H2,(H2,11,12,13)(H2,18,19,20);;;;/t5-,6+,9-,10+;;;;/m1..../s1. The van der Waals surface area contributed by atoms with Gasteiger partial charge in [0.25, 0.3) is 0 Å². The van der Waals surface area contributed by atoms with Crippen molar-refractivity contribution < 1.29 is 34.0 Å². The predicted molar refractivity (Wildman–Crippen MR) is 88.0 cm³/mol. The molecule has 1 fully saturated rings. The number of hydrogen-bond donors (Lipinski definition) is 5. The van der Waals surface area contributed by atoms with Crippen LogP contribution in [0.2, 0.25) is 0 Å². The molecule has 0 unspecified atom stereocenters. The molecule has 1 aliphatic heterocycles. The summed E-state index contributed by atoms with van der Waals surface area (Å²) in [6.45, 7) is 0. The molecule has 3 heterocycles. The number of aliphatic hydroxyl groups is 2. The van der Waals surface area contributed by atoms with Gasteiger partial charge in [0.1, 0.15) is 24.1 Å². The zero-order valence-corrected chi connectivity index (χ0v) is 12.4. The van der Waals surface area contributed by atoms with Crippen molar-refractivity contribution in [3.8, 4) is 0 Å². The molecule has 0 aliphatic carbocycles. The van der Waals surface area contributed by atoms with Gasteiger partial charge in [-0.2, -0.15) is 0 Å². The number of imidazole rings is 1. The average molecular weight is 395 g/mol. The molecule has 6 N–H and O–H groups in total. The second-order valence-electron chi connectivity index (χ2n) is 4.92. The third-order valence-electron chi connectivity index (χ3n) is 3.26. The number of rotatable bonds is 4. The van der Waals surface area contributed by atoms with E-state index in [2.05, 4.69) is 15.0 Å². The third kappa shape index (κ3) is 4.99. The van der Waals surface area contributed by atoms with Gasteiger partial charge in [0.2, 0.25) is 0 Å². The molecule has 130 valence electrons. The number of aromatic nitrogens is 4. The Balaban J connectivity index is 0.00000156. The monoisotopic (exact) mass is 395 g/mol. The molecule has 1 aliphatic rings. The van der Waals surface area contributed by atoms with Crippen molar-refractivity contribution in [3.63, 3.8) is 0 Å². The summed E-state index contributed by atoms with van der Waals surface area (Å²) in [6.07, 6.45) is -3.93. The topological polar surface area (TPSA) is 186 Å². The second kappa shape index (κ2) is 9.02. The van der Waals surface area contributed by atoms with Gasteiger partial charge < -0.3 is 35.2 Å². The van der Waals surface area contributed by atoms with Crippen LogP contribution in [0.15, 0.2) is 12.7 Å². The number of nitrogens with zero attached hydrogens (tertiary/aromatic N) is 4. The first-order valence-corrected chi connectivity index (χ1v) is 8.18. The van der Waals surface area contributed by atoms with Crippen LogP contribution in [-0.4, -0.2) is 123 Å². The Morgan fingerprint density at radius 3 is 2.56 bits per heavy atom. The Kier molecular flexibility index (Phi) is 8.44. The molecule has 0 amide bonds. The number of ether oxygens (including phenoxy) is 2. The molecule has 0 radical (unpaired) electrons. The van der Waals surface area contributed by atoms with Crippen LogP contribution in [-0.2, 0) is 14.0 Å². The fourth-order valence-corrected chi connectivity index (χ4v) is 2.56. The number of aliphatic hydroxyl groups excluding tert-OH is 2. The summed E-state index contributed by atoms with van der Waals surface area (Å²) in [5.74, 6) is 0.135. The van der Waals surface area contributed by atoms with Crippen LogP contribution in [0.3, 0.4) is 0 Å². The predicted octanol–water partition coefficient (Wildman–Crippen LogP) is -3.16. The van der Waals surface area contributed by atoms with Crippen molar-refractivity contribution in [1.82, 2.24) is 19.5 Å². The van der Waals surface area contributed by atoms with Crippen LogP contribution in [0, 0.1) is 0 Å². The van der Waals surface area contributed by atoms with E-state index < -0.39 is 38.7 Å². The first-order chi connectivity index (χ1) is 10.8. The van der Waals surface area contributed by atoms with Gasteiger partial charge in [0.15, 0.2) is 30.3 Å². The summed E-state index contributed by atoms with van der Waals surface area (Å²) >= 11 is 0. The Hall–Kier alpha value is 0.340. The first-order valence-electron chi connectivity index (χ1n) is 6.39. The van der Waals surface area contributed by atoms with Crippen molar-refractivity contribution in [1.29, 1.82) is 0 Å². The van der Waals surface area contributed by atoms with Gasteiger partial charge in [0, 0.05) is 0 Å². The zero-order valence-electron chi connectivity index (χ0n) is 11.5. The number of anilines is 1. The van der Waals surface area contributed by atoms with Gasteiger partial charge in [-0.1, -0.05) is 0 Å². The maximum atomic E-state index is 10.8. The Bertz CT molecular complexity index is 773. The maximum absolute atomic E-state index is 10.8. The first kappa shape index (κ1) is 23.4. The van der Waals surface area contributed by atoms with E-state index >= 15 is 0 Å². The molecule has 2 aromatic heterocycles. The van der Waals surface area contributed by atoms with Crippen molar-refractivity contribution in [2.24, 2.45) is 0 Å². The van der Waals surface area contributed by atoms with Crippen LogP contribution in [0.25, 0.3) is 11.2 Å². The second-order valence-corrected chi connectivity index (χ2v) is 6.51. The van der Waals surface area contributed by atoms with E-state index in [-0.39, 0.29) is 76.1 Å². The Morgan fingerprint density at radius 1 is 1.24 bits per heavy atom. The fourth-order valence-electron chi connectivity index (χ4n) is 2.22. The minimum absolute atomic E-state index is 0. The molecule has 0 spiro atoms. The molecule has 4 atom stereocenters. The molecular weight excluding hydrogens is 379 g/mol. The number of fused-ring (bicyclic) bond motifs is 1. The van der Waals surface area contributed by atoms with Crippen LogP contribution < -0.4 is 5.73 Å². The molecule has 12 nitrogen and oxygen atoms in total. The van der Waals surface area contributed by atoms with Gasteiger partial charge >= 0.3 is 66.7 Å². The Labute approximate surface area is 185 Å². The van der Waals surface area contributed by atoms with E-state index in [0.29, 0.717) is 0 Å². The van der Waals surface area contributed by atoms with Gasteiger partial charge in [-0.25, -0.2) is 15.0 Å². The SMILES string of the molecule is Nc1ncnc2c1ncn2[C@@H]1O[C@H](OCP(=O)(O)O)[C@@H](O)[C@H]1O.[NaH].[NaH]. The summed E-state index contributed by atoms with van der Waals surface area (Å²) < 4.78 is 22.3. The molecule has 3 rings (SSSR count). The van der Waals surface area contributed by atoms with Crippen molar-refractivity contribution in [3.05, 3.63) is 12.7 Å². The van der Waals surface area contributed by atoms with E-state index in [9.17, 15) is 14.8 Å². The van der Waals surface area contributed by atoms with Crippen LogP contribution in [0.1, 0.15) is 6.23 Å². The van der Waals surface area contributed by atoms with E-state index in [4.69, 9.17) is 25.0 Å². The Morgan fingerprint density at radius 2 is 1.92 bits per heavy atom. The third-order valence-corrected chi connectivity index (χ3v) is 3.75. The van der Waals surface area contributed by atoms with Gasteiger partial charge in [0.05, 0.1) is 6.33 Å².